The van der Waals surface area contributed by atoms with Crippen LogP contribution < -0.4 is 5.32 Å². The van der Waals surface area contributed by atoms with E-state index in [0.29, 0.717) is 12.0 Å². The molecule has 4 heteroatoms. The van der Waals surface area contributed by atoms with Crippen LogP contribution in [0.5, 0.6) is 0 Å². The summed E-state index contributed by atoms with van der Waals surface area (Å²) >= 11 is 3.45. The van der Waals surface area contributed by atoms with Gasteiger partial charge in [0.25, 0.3) is 5.91 Å². The predicted molar refractivity (Wildman–Crippen MR) is 79.3 cm³/mol. The van der Waals surface area contributed by atoms with Crippen molar-refractivity contribution in [2.45, 2.75) is 25.8 Å². The summed E-state index contributed by atoms with van der Waals surface area (Å²) in [4.78, 5) is 14.8. The highest BCUT2D eigenvalue weighted by molar-refractivity contribution is 9.10. The van der Waals surface area contributed by atoms with E-state index in [-0.39, 0.29) is 5.91 Å². The van der Waals surface area contributed by atoms with Crippen molar-refractivity contribution < 1.29 is 4.79 Å². The molecule has 2 heterocycles. The van der Waals surface area contributed by atoms with Crippen molar-refractivity contribution in [2.24, 2.45) is 5.92 Å². The summed E-state index contributed by atoms with van der Waals surface area (Å²) in [6.07, 6.45) is 2.38. The Kier molecular flexibility index (Phi) is 3.63. The average Bonchev–Trinajstić information content (AvgIpc) is 2.86. The third-order valence-electron chi connectivity index (χ3n) is 4.36. The van der Waals surface area contributed by atoms with Gasteiger partial charge in [0.2, 0.25) is 0 Å². The van der Waals surface area contributed by atoms with Gasteiger partial charge in [0.1, 0.15) is 0 Å². The zero-order valence-electron chi connectivity index (χ0n) is 11.2. The molecule has 19 heavy (non-hydrogen) atoms. The summed E-state index contributed by atoms with van der Waals surface area (Å²) in [6, 6.07) is 6.30. The third-order valence-corrected chi connectivity index (χ3v) is 4.85. The number of hydrogen-bond donors (Lipinski definition) is 1. The summed E-state index contributed by atoms with van der Waals surface area (Å²) in [7, 11) is 0. The normalized spacial score (nSPS) is 26.3. The van der Waals surface area contributed by atoms with Gasteiger partial charge in [0, 0.05) is 35.7 Å². The SMILES string of the molecule is Cc1cc(Br)ccc1C(=O)N1CCCC2CNCC21. The Bertz CT molecular complexity index is 503. The summed E-state index contributed by atoms with van der Waals surface area (Å²) in [6.45, 7) is 4.92. The molecule has 2 atom stereocenters. The van der Waals surface area contributed by atoms with Crippen LogP contribution in [-0.4, -0.2) is 36.5 Å². The van der Waals surface area contributed by atoms with Gasteiger partial charge < -0.3 is 10.2 Å². The minimum absolute atomic E-state index is 0.198. The Morgan fingerprint density at radius 3 is 3.05 bits per heavy atom. The number of likely N-dealkylation sites (tertiary alicyclic amines) is 1. The van der Waals surface area contributed by atoms with E-state index in [1.807, 2.05) is 25.1 Å². The number of carbonyl (C=O) groups is 1. The molecule has 3 rings (SSSR count). The molecule has 0 radical (unpaired) electrons. The molecule has 0 aromatic heterocycles. The number of rotatable bonds is 1. The fourth-order valence-corrected chi connectivity index (χ4v) is 3.82. The lowest BCUT2D eigenvalue weighted by atomic mass is 9.91. The number of nitrogens with one attached hydrogen (secondary N) is 1. The molecular formula is C15H19BrN2O. The fraction of sp³-hybridized carbons (Fsp3) is 0.533. The van der Waals surface area contributed by atoms with Crippen molar-refractivity contribution in [2.75, 3.05) is 19.6 Å². The van der Waals surface area contributed by atoms with E-state index in [0.717, 1.165) is 41.7 Å². The highest BCUT2D eigenvalue weighted by Crippen LogP contribution is 2.28. The lowest BCUT2D eigenvalue weighted by molar-refractivity contribution is 0.0574. The van der Waals surface area contributed by atoms with E-state index in [1.54, 1.807) is 0 Å². The fourth-order valence-electron chi connectivity index (χ4n) is 3.34. The van der Waals surface area contributed by atoms with Crippen molar-refractivity contribution in [3.63, 3.8) is 0 Å². The van der Waals surface area contributed by atoms with E-state index in [2.05, 4.69) is 26.1 Å². The minimum Gasteiger partial charge on any atom is -0.334 e. The largest absolute Gasteiger partial charge is 0.334 e. The molecule has 1 aromatic carbocycles. The predicted octanol–water partition coefficient (Wildman–Crippen LogP) is 2.58. The van der Waals surface area contributed by atoms with E-state index < -0.39 is 0 Å². The maximum absolute atomic E-state index is 12.8. The second-order valence-corrected chi connectivity index (χ2v) is 6.50. The van der Waals surface area contributed by atoms with Gasteiger partial charge in [-0.05, 0) is 49.4 Å². The van der Waals surface area contributed by atoms with Gasteiger partial charge in [-0.15, -0.1) is 0 Å². The highest BCUT2D eigenvalue weighted by Gasteiger charge is 2.37. The zero-order valence-corrected chi connectivity index (χ0v) is 12.7. The number of hydrogen-bond acceptors (Lipinski definition) is 2. The van der Waals surface area contributed by atoms with Gasteiger partial charge in [-0.1, -0.05) is 15.9 Å². The van der Waals surface area contributed by atoms with E-state index in [1.165, 1.54) is 6.42 Å². The Labute approximate surface area is 122 Å². The monoisotopic (exact) mass is 322 g/mol. The third kappa shape index (κ3) is 2.43. The molecule has 2 saturated heterocycles. The van der Waals surface area contributed by atoms with E-state index >= 15 is 0 Å². The van der Waals surface area contributed by atoms with Crippen molar-refractivity contribution in [3.05, 3.63) is 33.8 Å². The molecule has 1 N–H and O–H groups in total. The molecule has 1 amide bonds. The van der Waals surface area contributed by atoms with Gasteiger partial charge in [-0.3, -0.25) is 4.79 Å². The molecule has 2 fully saturated rings. The number of benzene rings is 1. The number of amides is 1. The molecule has 2 aliphatic rings. The number of halogens is 1. The first-order valence-corrected chi connectivity index (χ1v) is 7.74. The van der Waals surface area contributed by atoms with Gasteiger partial charge in [0.05, 0.1) is 0 Å². The lowest BCUT2D eigenvalue weighted by Crippen LogP contribution is -2.48. The second-order valence-electron chi connectivity index (χ2n) is 5.59. The van der Waals surface area contributed by atoms with Crippen LogP contribution in [0.25, 0.3) is 0 Å². The number of carbonyl (C=O) groups excluding carboxylic acids is 1. The van der Waals surface area contributed by atoms with Crippen molar-refractivity contribution in [1.29, 1.82) is 0 Å². The van der Waals surface area contributed by atoms with Crippen molar-refractivity contribution in [1.82, 2.24) is 10.2 Å². The van der Waals surface area contributed by atoms with Gasteiger partial charge >= 0.3 is 0 Å². The number of fused-ring (bicyclic) bond motifs is 1. The van der Waals surface area contributed by atoms with Crippen LogP contribution in [0.4, 0.5) is 0 Å². The van der Waals surface area contributed by atoms with Crippen molar-refractivity contribution >= 4 is 21.8 Å². The average molecular weight is 323 g/mol. The van der Waals surface area contributed by atoms with Crippen LogP contribution in [-0.2, 0) is 0 Å². The quantitative estimate of drug-likeness (QED) is 0.862. The molecule has 0 spiro atoms. The van der Waals surface area contributed by atoms with Crippen LogP contribution >= 0.6 is 15.9 Å². The summed E-state index contributed by atoms with van der Waals surface area (Å²) in [5.41, 5.74) is 1.89. The first-order valence-electron chi connectivity index (χ1n) is 6.94. The number of piperidine rings is 1. The molecule has 2 unspecified atom stereocenters. The van der Waals surface area contributed by atoms with Crippen molar-refractivity contribution in [3.8, 4) is 0 Å². The van der Waals surface area contributed by atoms with Crippen LogP contribution in [0.2, 0.25) is 0 Å². The molecule has 3 nitrogen and oxygen atoms in total. The molecule has 0 aliphatic carbocycles. The van der Waals surface area contributed by atoms with Crippen LogP contribution in [0.3, 0.4) is 0 Å². The van der Waals surface area contributed by atoms with Crippen LogP contribution in [0.15, 0.2) is 22.7 Å². The van der Waals surface area contributed by atoms with Gasteiger partial charge in [-0.25, -0.2) is 0 Å². The van der Waals surface area contributed by atoms with Gasteiger partial charge in [-0.2, -0.15) is 0 Å². The summed E-state index contributed by atoms with van der Waals surface area (Å²) < 4.78 is 1.03. The maximum Gasteiger partial charge on any atom is 0.254 e. The molecule has 102 valence electrons. The molecule has 0 bridgehead atoms. The van der Waals surface area contributed by atoms with Crippen LogP contribution in [0, 0.1) is 12.8 Å². The van der Waals surface area contributed by atoms with Crippen LogP contribution in [0.1, 0.15) is 28.8 Å². The van der Waals surface area contributed by atoms with E-state index in [9.17, 15) is 4.79 Å². The number of nitrogens with zero attached hydrogens (tertiary/aromatic N) is 1. The van der Waals surface area contributed by atoms with Gasteiger partial charge in [0.15, 0.2) is 0 Å². The highest BCUT2D eigenvalue weighted by atomic mass is 79.9. The summed E-state index contributed by atoms with van der Waals surface area (Å²) in [5.74, 6) is 0.844. The lowest BCUT2D eigenvalue weighted by Gasteiger charge is -2.37. The Hall–Kier alpha value is -0.870. The first kappa shape index (κ1) is 13.1. The standard InChI is InChI=1S/C15H19BrN2O/c1-10-7-12(16)4-5-13(10)15(19)18-6-2-3-11-8-17-9-14(11)18/h4-5,7,11,14,17H,2-3,6,8-9H2,1H3. The Balaban J connectivity index is 1.86. The Morgan fingerprint density at radius 1 is 1.42 bits per heavy atom. The van der Waals surface area contributed by atoms with E-state index in [4.69, 9.17) is 0 Å². The molecule has 0 saturated carbocycles. The molecular weight excluding hydrogens is 304 g/mol. The first-order chi connectivity index (χ1) is 9.16. The molecule has 2 aliphatic heterocycles. The summed E-state index contributed by atoms with van der Waals surface area (Å²) in [5, 5.41) is 3.42. The Morgan fingerprint density at radius 2 is 2.26 bits per heavy atom. The smallest absolute Gasteiger partial charge is 0.254 e. The topological polar surface area (TPSA) is 32.3 Å². The second kappa shape index (κ2) is 5.25. The number of aryl methyl sites for hydroxylation is 1. The maximum atomic E-state index is 12.8. The molecule has 1 aromatic rings. The minimum atomic E-state index is 0.198. The zero-order chi connectivity index (χ0) is 13.4.